The van der Waals surface area contributed by atoms with E-state index in [9.17, 15) is 5.11 Å². The molecular weight excluding hydrogens is 256 g/mol. The van der Waals surface area contributed by atoms with Gasteiger partial charge in [-0.2, -0.15) is 5.10 Å². The maximum atomic E-state index is 10.5. The molecule has 0 spiro atoms. The second-order valence-corrected chi connectivity index (χ2v) is 4.99. The number of ether oxygens (including phenoxy) is 2. The first-order valence-electron chi connectivity index (χ1n) is 6.71. The first-order chi connectivity index (χ1) is 9.65. The predicted molar refractivity (Wildman–Crippen MR) is 74.0 cm³/mol. The molecule has 0 fully saturated rings. The molecule has 20 heavy (non-hydrogen) atoms. The molecule has 1 unspecified atom stereocenters. The average molecular weight is 274 g/mol. The van der Waals surface area contributed by atoms with Crippen molar-refractivity contribution in [3.63, 3.8) is 0 Å². The van der Waals surface area contributed by atoms with Crippen LogP contribution < -0.4 is 9.47 Å². The van der Waals surface area contributed by atoms with Gasteiger partial charge in [0.15, 0.2) is 11.5 Å². The van der Waals surface area contributed by atoms with Crippen LogP contribution in [-0.4, -0.2) is 28.1 Å². The molecule has 1 aromatic heterocycles. The molecule has 1 atom stereocenters. The Bertz CT molecular complexity index is 622. The summed E-state index contributed by atoms with van der Waals surface area (Å²) in [5.74, 6) is 1.36. The van der Waals surface area contributed by atoms with Crippen molar-refractivity contribution in [3.05, 3.63) is 41.2 Å². The summed E-state index contributed by atoms with van der Waals surface area (Å²) in [4.78, 5) is 0. The number of fused-ring (bicyclic) bond motifs is 1. The van der Waals surface area contributed by atoms with Gasteiger partial charge < -0.3 is 14.6 Å². The van der Waals surface area contributed by atoms with E-state index in [1.807, 2.05) is 38.2 Å². The number of aliphatic hydroxyl groups excluding tert-OH is 1. The van der Waals surface area contributed by atoms with Crippen LogP contribution in [0.2, 0.25) is 0 Å². The zero-order valence-electron chi connectivity index (χ0n) is 11.7. The molecule has 3 rings (SSSR count). The largest absolute Gasteiger partial charge is 0.486 e. The van der Waals surface area contributed by atoms with Crippen molar-refractivity contribution in [2.75, 3.05) is 13.2 Å². The fourth-order valence-electron chi connectivity index (χ4n) is 2.52. The van der Waals surface area contributed by atoms with Crippen molar-refractivity contribution >= 4 is 0 Å². The van der Waals surface area contributed by atoms with E-state index in [1.165, 1.54) is 0 Å². The van der Waals surface area contributed by atoms with Gasteiger partial charge in [-0.15, -0.1) is 0 Å². The monoisotopic (exact) mass is 274 g/mol. The molecular formula is C15H18N2O3. The van der Waals surface area contributed by atoms with Gasteiger partial charge >= 0.3 is 0 Å². The lowest BCUT2D eigenvalue weighted by Gasteiger charge is -2.23. The van der Waals surface area contributed by atoms with Crippen LogP contribution in [0, 0.1) is 6.92 Å². The molecule has 5 heteroatoms. The summed E-state index contributed by atoms with van der Waals surface area (Å²) in [5.41, 5.74) is 2.70. The molecule has 0 saturated carbocycles. The van der Waals surface area contributed by atoms with Crippen LogP contribution in [0.3, 0.4) is 0 Å². The number of rotatable bonds is 3. The van der Waals surface area contributed by atoms with Crippen LogP contribution in [0.5, 0.6) is 11.5 Å². The fourth-order valence-corrected chi connectivity index (χ4v) is 2.52. The van der Waals surface area contributed by atoms with Crippen LogP contribution in [0.25, 0.3) is 0 Å². The molecule has 2 heterocycles. The number of hydrogen-bond donors (Lipinski definition) is 1. The Morgan fingerprint density at radius 2 is 2.15 bits per heavy atom. The highest BCUT2D eigenvalue weighted by molar-refractivity contribution is 5.48. The first kappa shape index (κ1) is 13.0. The van der Waals surface area contributed by atoms with Crippen molar-refractivity contribution in [2.24, 2.45) is 7.05 Å². The third-order valence-corrected chi connectivity index (χ3v) is 3.46. The lowest BCUT2D eigenvalue weighted by molar-refractivity contribution is 0.145. The van der Waals surface area contributed by atoms with E-state index in [0.29, 0.717) is 31.1 Å². The molecule has 1 aliphatic heterocycles. The highest BCUT2D eigenvalue weighted by Crippen LogP contribution is 2.37. The van der Waals surface area contributed by atoms with Crippen molar-refractivity contribution in [2.45, 2.75) is 19.4 Å². The quantitative estimate of drug-likeness (QED) is 0.927. The number of nitrogens with zero attached hydrogens (tertiary/aromatic N) is 2. The summed E-state index contributed by atoms with van der Waals surface area (Å²) in [7, 11) is 1.88. The Labute approximate surface area is 117 Å². The molecule has 1 N–H and O–H groups in total. The molecule has 2 aromatic rings. The number of aryl methyl sites for hydroxylation is 2. The van der Waals surface area contributed by atoms with E-state index in [0.717, 1.165) is 17.0 Å². The third-order valence-electron chi connectivity index (χ3n) is 3.46. The van der Waals surface area contributed by atoms with E-state index >= 15 is 0 Å². The number of benzene rings is 1. The van der Waals surface area contributed by atoms with Gasteiger partial charge in [0.1, 0.15) is 13.2 Å². The molecule has 1 aromatic carbocycles. The van der Waals surface area contributed by atoms with E-state index in [1.54, 1.807) is 4.68 Å². The summed E-state index contributed by atoms with van der Waals surface area (Å²) in [6, 6.07) is 7.59. The third kappa shape index (κ3) is 2.36. The van der Waals surface area contributed by atoms with Crippen molar-refractivity contribution in [1.29, 1.82) is 0 Å². The summed E-state index contributed by atoms with van der Waals surface area (Å²) in [6.45, 7) is 3.01. The van der Waals surface area contributed by atoms with E-state index < -0.39 is 6.10 Å². The minimum atomic E-state index is -0.638. The topological polar surface area (TPSA) is 56.5 Å². The fraction of sp³-hybridized carbons (Fsp3) is 0.400. The van der Waals surface area contributed by atoms with E-state index in [4.69, 9.17) is 9.47 Å². The molecule has 5 nitrogen and oxygen atoms in total. The Kier molecular flexibility index (Phi) is 3.36. The van der Waals surface area contributed by atoms with Crippen LogP contribution in [0.4, 0.5) is 0 Å². The highest BCUT2D eigenvalue weighted by Gasteiger charge is 2.21. The Hall–Kier alpha value is -2.01. The average Bonchev–Trinajstić information content (AvgIpc) is 2.76. The number of aliphatic hydroxyl groups is 1. The Balaban J connectivity index is 1.87. The zero-order chi connectivity index (χ0) is 14.1. The molecule has 0 bridgehead atoms. The van der Waals surface area contributed by atoms with Gasteiger partial charge in [-0.25, -0.2) is 0 Å². The predicted octanol–water partition coefficient (Wildman–Crippen LogP) is 1.78. The summed E-state index contributed by atoms with van der Waals surface area (Å²) >= 11 is 0. The lowest BCUT2D eigenvalue weighted by atomic mass is 10.0. The second kappa shape index (κ2) is 5.17. The van der Waals surface area contributed by atoms with Crippen LogP contribution >= 0.6 is 0 Å². The van der Waals surface area contributed by atoms with Crippen LogP contribution in [-0.2, 0) is 13.5 Å². The molecule has 1 aliphatic rings. The molecule has 0 saturated heterocycles. The summed E-state index contributed by atoms with van der Waals surface area (Å²) in [5, 5.41) is 14.8. The Morgan fingerprint density at radius 1 is 1.35 bits per heavy atom. The number of para-hydroxylation sites is 1. The van der Waals surface area contributed by atoms with Crippen LogP contribution in [0.1, 0.15) is 23.1 Å². The minimum absolute atomic E-state index is 0.497. The summed E-state index contributed by atoms with van der Waals surface area (Å²) in [6.07, 6.45) is -0.140. The number of hydrogen-bond acceptors (Lipinski definition) is 4. The Morgan fingerprint density at radius 3 is 2.90 bits per heavy atom. The second-order valence-electron chi connectivity index (χ2n) is 4.99. The minimum Gasteiger partial charge on any atom is -0.486 e. The summed E-state index contributed by atoms with van der Waals surface area (Å²) < 4.78 is 13.0. The smallest absolute Gasteiger partial charge is 0.167 e. The molecule has 0 radical (unpaired) electrons. The van der Waals surface area contributed by atoms with Crippen molar-refractivity contribution in [3.8, 4) is 11.5 Å². The standard InChI is InChI=1S/C15H18N2O3/c1-10-8-11(17(2)16-10)9-13(18)12-4-3-5-14-15(12)20-7-6-19-14/h3-5,8,13,18H,6-7,9H2,1-2H3. The van der Waals surface area contributed by atoms with Crippen molar-refractivity contribution in [1.82, 2.24) is 9.78 Å². The van der Waals surface area contributed by atoms with Gasteiger partial charge in [-0.3, -0.25) is 4.68 Å². The molecule has 106 valence electrons. The van der Waals surface area contributed by atoms with Gasteiger partial charge in [0.2, 0.25) is 0 Å². The lowest BCUT2D eigenvalue weighted by Crippen LogP contribution is -2.18. The SMILES string of the molecule is Cc1cc(CC(O)c2cccc3c2OCCO3)n(C)n1. The van der Waals surface area contributed by atoms with Gasteiger partial charge in [0.05, 0.1) is 11.8 Å². The van der Waals surface area contributed by atoms with Gasteiger partial charge in [-0.1, -0.05) is 12.1 Å². The van der Waals surface area contributed by atoms with Crippen LogP contribution in [0.15, 0.2) is 24.3 Å². The first-order valence-corrected chi connectivity index (χ1v) is 6.71. The molecule has 0 aliphatic carbocycles. The van der Waals surface area contributed by atoms with Crippen molar-refractivity contribution < 1.29 is 14.6 Å². The normalized spacial score (nSPS) is 15.2. The number of aromatic nitrogens is 2. The van der Waals surface area contributed by atoms with Gasteiger partial charge in [0, 0.05) is 24.7 Å². The van der Waals surface area contributed by atoms with Gasteiger partial charge in [-0.05, 0) is 19.1 Å². The maximum absolute atomic E-state index is 10.5. The maximum Gasteiger partial charge on any atom is 0.167 e. The van der Waals surface area contributed by atoms with Gasteiger partial charge in [0.25, 0.3) is 0 Å². The molecule has 0 amide bonds. The van der Waals surface area contributed by atoms with E-state index in [-0.39, 0.29) is 0 Å². The zero-order valence-corrected chi connectivity index (χ0v) is 11.7. The van der Waals surface area contributed by atoms with E-state index in [2.05, 4.69) is 5.10 Å². The highest BCUT2D eigenvalue weighted by atomic mass is 16.6.